The van der Waals surface area contributed by atoms with Crippen LogP contribution in [0.5, 0.6) is 0 Å². The van der Waals surface area contributed by atoms with Gasteiger partial charge < -0.3 is 20.2 Å². The SMILES string of the molecule is CCC(=O)NC1(C)CC(Nc2ncc3c(-c4cnc5nc(C)n(CC(F)F)c5n4)c[nH]c3n2)C1. The first-order valence-electron chi connectivity index (χ1n) is 11.1. The number of carbonyl (C=O) groups is 1. The first-order valence-corrected chi connectivity index (χ1v) is 11.1. The van der Waals surface area contributed by atoms with Crippen LogP contribution in [0.4, 0.5) is 14.7 Å². The van der Waals surface area contributed by atoms with Crippen LogP contribution in [0.2, 0.25) is 0 Å². The van der Waals surface area contributed by atoms with Gasteiger partial charge in [-0.25, -0.2) is 28.7 Å². The smallest absolute Gasteiger partial charge is 0.256 e. The molecule has 1 aliphatic carbocycles. The average molecular weight is 470 g/mol. The van der Waals surface area contributed by atoms with Gasteiger partial charge in [0.15, 0.2) is 11.3 Å². The number of amides is 1. The van der Waals surface area contributed by atoms with Gasteiger partial charge >= 0.3 is 0 Å². The highest BCUT2D eigenvalue weighted by Gasteiger charge is 2.41. The normalized spacial score (nSPS) is 20.1. The summed E-state index contributed by atoms with van der Waals surface area (Å²) in [5, 5.41) is 7.11. The number of alkyl halides is 2. The highest BCUT2D eigenvalue weighted by molar-refractivity contribution is 5.93. The van der Waals surface area contributed by atoms with Crippen LogP contribution in [0, 0.1) is 6.92 Å². The molecular weight excluding hydrogens is 444 g/mol. The fourth-order valence-corrected chi connectivity index (χ4v) is 4.51. The lowest BCUT2D eigenvalue weighted by molar-refractivity contribution is -0.123. The van der Waals surface area contributed by atoms with Crippen molar-refractivity contribution in [2.75, 3.05) is 5.32 Å². The number of nitrogens with one attached hydrogen (secondary N) is 3. The summed E-state index contributed by atoms with van der Waals surface area (Å²) in [6, 6.07) is 0.167. The van der Waals surface area contributed by atoms with E-state index < -0.39 is 13.0 Å². The van der Waals surface area contributed by atoms with Crippen molar-refractivity contribution in [1.82, 2.24) is 39.8 Å². The Bertz CT molecular complexity index is 1370. The van der Waals surface area contributed by atoms with Crippen LogP contribution in [0.15, 0.2) is 18.6 Å². The Labute approximate surface area is 193 Å². The van der Waals surface area contributed by atoms with E-state index in [1.54, 1.807) is 25.5 Å². The molecule has 4 heterocycles. The number of rotatable bonds is 7. The van der Waals surface area contributed by atoms with Crippen molar-refractivity contribution >= 4 is 34.2 Å². The molecule has 1 saturated carbocycles. The molecule has 0 unspecified atom stereocenters. The second kappa shape index (κ2) is 8.26. The zero-order valence-corrected chi connectivity index (χ0v) is 19.1. The van der Waals surface area contributed by atoms with Crippen LogP contribution >= 0.6 is 0 Å². The van der Waals surface area contributed by atoms with Gasteiger partial charge in [-0.3, -0.25) is 4.79 Å². The van der Waals surface area contributed by atoms with E-state index in [9.17, 15) is 13.6 Å². The van der Waals surface area contributed by atoms with Crippen molar-refractivity contribution in [1.29, 1.82) is 0 Å². The maximum atomic E-state index is 13.0. The van der Waals surface area contributed by atoms with Crippen molar-refractivity contribution in [2.45, 2.75) is 64.6 Å². The Kier molecular flexibility index (Phi) is 5.37. The van der Waals surface area contributed by atoms with E-state index in [1.165, 1.54) is 4.57 Å². The average Bonchev–Trinajstić information content (AvgIpc) is 3.32. The second-order valence-corrected chi connectivity index (χ2v) is 8.93. The number of aromatic amines is 1. The summed E-state index contributed by atoms with van der Waals surface area (Å²) < 4.78 is 27.4. The first kappa shape index (κ1) is 22.1. The maximum Gasteiger partial charge on any atom is 0.256 e. The minimum absolute atomic E-state index is 0.0474. The van der Waals surface area contributed by atoms with Crippen LogP contribution in [0.3, 0.4) is 0 Å². The molecule has 0 bridgehead atoms. The van der Waals surface area contributed by atoms with E-state index in [4.69, 9.17) is 0 Å². The highest BCUT2D eigenvalue weighted by Crippen LogP contribution is 2.34. The Morgan fingerprint density at radius 3 is 2.79 bits per heavy atom. The maximum absolute atomic E-state index is 13.0. The van der Waals surface area contributed by atoms with Gasteiger partial charge in [-0.05, 0) is 26.7 Å². The molecule has 178 valence electrons. The summed E-state index contributed by atoms with van der Waals surface area (Å²) >= 11 is 0. The van der Waals surface area contributed by atoms with Gasteiger partial charge in [-0.15, -0.1) is 0 Å². The van der Waals surface area contributed by atoms with Gasteiger partial charge in [0.05, 0.1) is 18.4 Å². The molecule has 1 aliphatic rings. The van der Waals surface area contributed by atoms with E-state index in [0.717, 1.165) is 23.8 Å². The molecule has 4 aromatic heterocycles. The topological polar surface area (TPSA) is 126 Å². The quantitative estimate of drug-likeness (QED) is 0.379. The summed E-state index contributed by atoms with van der Waals surface area (Å²) in [7, 11) is 0. The number of aromatic nitrogens is 7. The predicted octanol–water partition coefficient (Wildman–Crippen LogP) is 3.20. The van der Waals surface area contributed by atoms with Crippen molar-refractivity contribution in [3.8, 4) is 11.3 Å². The van der Waals surface area contributed by atoms with Crippen LogP contribution in [0.1, 0.15) is 38.9 Å². The van der Waals surface area contributed by atoms with Crippen molar-refractivity contribution in [2.24, 2.45) is 0 Å². The fourth-order valence-electron chi connectivity index (χ4n) is 4.51. The van der Waals surface area contributed by atoms with E-state index in [-0.39, 0.29) is 17.5 Å². The van der Waals surface area contributed by atoms with Gasteiger partial charge in [-0.2, -0.15) is 4.98 Å². The lowest BCUT2D eigenvalue weighted by Gasteiger charge is -2.45. The Balaban J connectivity index is 1.36. The summed E-state index contributed by atoms with van der Waals surface area (Å²) in [5.74, 6) is 0.972. The third-order valence-corrected chi connectivity index (χ3v) is 6.17. The number of imidazole rings is 1. The molecule has 10 nitrogen and oxygen atoms in total. The molecule has 5 rings (SSSR count). The van der Waals surface area contributed by atoms with Gasteiger partial charge in [0.2, 0.25) is 11.9 Å². The molecule has 0 atom stereocenters. The number of aryl methyl sites for hydroxylation is 1. The molecule has 12 heteroatoms. The predicted molar refractivity (Wildman–Crippen MR) is 122 cm³/mol. The number of anilines is 1. The molecular formula is C22H25F2N9O. The van der Waals surface area contributed by atoms with Crippen LogP contribution < -0.4 is 10.6 Å². The monoisotopic (exact) mass is 469 g/mol. The summed E-state index contributed by atoms with van der Waals surface area (Å²) in [4.78, 5) is 36.9. The molecule has 0 saturated heterocycles. The van der Waals surface area contributed by atoms with E-state index in [0.29, 0.717) is 40.8 Å². The number of halogens is 2. The summed E-state index contributed by atoms with van der Waals surface area (Å²) in [6.45, 7) is 5.03. The zero-order valence-electron chi connectivity index (χ0n) is 19.1. The van der Waals surface area contributed by atoms with Gasteiger partial charge in [0.25, 0.3) is 6.43 Å². The number of hydrogen-bond acceptors (Lipinski definition) is 7. The Hall–Kier alpha value is -3.70. The molecule has 0 radical (unpaired) electrons. The fraction of sp³-hybridized carbons (Fsp3) is 0.455. The van der Waals surface area contributed by atoms with Gasteiger partial charge in [-0.1, -0.05) is 6.92 Å². The Morgan fingerprint density at radius 1 is 1.26 bits per heavy atom. The molecule has 1 amide bonds. The number of hydrogen-bond donors (Lipinski definition) is 3. The molecule has 4 aromatic rings. The molecule has 0 spiro atoms. The standard InChI is InChI=1S/C22H25F2N9O/c1-4-17(34)32-22(3)5-12(6-22)29-21-27-8-14-13(7-25-18(14)31-21)15-9-26-19-20(30-15)33(10-16(23)24)11(2)28-19/h7-9,12,16H,4-6,10H2,1-3H3,(H,32,34)(H2,25,27,29,31). The largest absolute Gasteiger partial charge is 0.351 e. The zero-order chi connectivity index (χ0) is 24.0. The summed E-state index contributed by atoms with van der Waals surface area (Å²) in [5.41, 5.74) is 2.28. The minimum atomic E-state index is -2.52. The van der Waals surface area contributed by atoms with E-state index >= 15 is 0 Å². The van der Waals surface area contributed by atoms with Crippen LogP contribution in [-0.4, -0.2) is 58.4 Å². The van der Waals surface area contributed by atoms with Crippen molar-refractivity contribution in [3.63, 3.8) is 0 Å². The molecule has 0 aliphatic heterocycles. The number of nitrogens with zero attached hydrogens (tertiary/aromatic N) is 6. The summed E-state index contributed by atoms with van der Waals surface area (Å²) in [6.07, 6.45) is 4.53. The van der Waals surface area contributed by atoms with E-state index in [2.05, 4.69) is 40.5 Å². The third-order valence-electron chi connectivity index (χ3n) is 6.17. The number of fused-ring (bicyclic) bond motifs is 2. The molecule has 34 heavy (non-hydrogen) atoms. The highest BCUT2D eigenvalue weighted by atomic mass is 19.3. The number of H-pyrrole nitrogens is 1. The Morgan fingerprint density at radius 2 is 2.06 bits per heavy atom. The van der Waals surface area contributed by atoms with Gasteiger partial charge in [0.1, 0.15) is 11.5 Å². The minimum Gasteiger partial charge on any atom is -0.351 e. The van der Waals surface area contributed by atoms with Crippen molar-refractivity contribution < 1.29 is 13.6 Å². The molecule has 1 fully saturated rings. The lowest BCUT2D eigenvalue weighted by Crippen LogP contribution is -2.59. The number of carbonyl (C=O) groups excluding carboxylic acids is 1. The van der Waals surface area contributed by atoms with Crippen molar-refractivity contribution in [3.05, 3.63) is 24.4 Å². The third kappa shape index (κ3) is 4.03. The van der Waals surface area contributed by atoms with Crippen LogP contribution in [-0.2, 0) is 11.3 Å². The van der Waals surface area contributed by atoms with E-state index in [1.807, 2.05) is 13.8 Å². The first-order chi connectivity index (χ1) is 16.2. The second-order valence-electron chi connectivity index (χ2n) is 8.93. The molecule has 3 N–H and O–H groups in total. The lowest BCUT2D eigenvalue weighted by atomic mass is 9.74. The van der Waals surface area contributed by atoms with Crippen LogP contribution in [0.25, 0.3) is 33.6 Å². The van der Waals surface area contributed by atoms with Gasteiger partial charge in [0, 0.05) is 41.3 Å². The molecule has 0 aromatic carbocycles.